The van der Waals surface area contributed by atoms with E-state index in [9.17, 15) is 0 Å². The third-order valence-electron chi connectivity index (χ3n) is 1.11. The second kappa shape index (κ2) is 2.51. The maximum Gasteiger partial charge on any atom is 0.242 e. The molecule has 2 N–H and O–H groups in total. The standard InChI is InChI=1S/C6H10N4/c1-4(2)5-8-6(7-3)10-9-5/h1H2,2-3H3,(H2,7,8,9,10). The van der Waals surface area contributed by atoms with E-state index < -0.39 is 0 Å². The molecule has 0 aliphatic heterocycles. The number of allylic oxidation sites excluding steroid dienone is 1. The Balaban J connectivity index is 2.88. The second-order valence-electron chi connectivity index (χ2n) is 2.04. The first-order chi connectivity index (χ1) is 4.74. The first-order valence-corrected chi connectivity index (χ1v) is 3.00. The van der Waals surface area contributed by atoms with Crippen LogP contribution in [0.3, 0.4) is 0 Å². The Bertz CT molecular complexity index is 238. The number of nitrogens with one attached hydrogen (secondary N) is 2. The normalized spacial score (nSPS) is 9.40. The molecule has 0 unspecified atom stereocenters. The summed E-state index contributed by atoms with van der Waals surface area (Å²) in [6, 6.07) is 0. The molecule has 0 radical (unpaired) electrons. The first-order valence-electron chi connectivity index (χ1n) is 3.00. The monoisotopic (exact) mass is 138 g/mol. The molecule has 1 heterocycles. The van der Waals surface area contributed by atoms with E-state index in [1.807, 2.05) is 6.92 Å². The van der Waals surface area contributed by atoms with Gasteiger partial charge in [0.2, 0.25) is 5.95 Å². The van der Waals surface area contributed by atoms with Crippen molar-refractivity contribution in [1.82, 2.24) is 15.2 Å². The number of rotatable bonds is 2. The molecule has 1 rings (SSSR count). The van der Waals surface area contributed by atoms with Crippen LogP contribution in [0, 0.1) is 0 Å². The highest BCUT2D eigenvalue weighted by atomic mass is 15.3. The highest BCUT2D eigenvalue weighted by Gasteiger charge is 1.98. The average molecular weight is 138 g/mol. The number of aromatic amines is 1. The SMILES string of the molecule is C=C(C)c1nc(NC)n[nH]1. The molecule has 0 saturated heterocycles. The number of hydrogen-bond acceptors (Lipinski definition) is 3. The van der Waals surface area contributed by atoms with Crippen molar-refractivity contribution < 1.29 is 0 Å². The van der Waals surface area contributed by atoms with E-state index in [-0.39, 0.29) is 0 Å². The number of nitrogens with zero attached hydrogens (tertiary/aromatic N) is 2. The van der Waals surface area contributed by atoms with E-state index in [2.05, 4.69) is 27.1 Å². The van der Waals surface area contributed by atoms with Gasteiger partial charge in [-0.2, -0.15) is 4.98 Å². The van der Waals surface area contributed by atoms with Gasteiger partial charge in [-0.15, -0.1) is 5.10 Å². The molecule has 0 amide bonds. The summed E-state index contributed by atoms with van der Waals surface area (Å²) in [5.41, 5.74) is 0.883. The Morgan fingerprint density at radius 3 is 2.70 bits per heavy atom. The van der Waals surface area contributed by atoms with Crippen molar-refractivity contribution in [3.8, 4) is 0 Å². The maximum absolute atomic E-state index is 4.05. The Kier molecular flexibility index (Phi) is 1.71. The molecule has 0 saturated carbocycles. The van der Waals surface area contributed by atoms with Crippen molar-refractivity contribution in [3.63, 3.8) is 0 Å². The van der Waals surface area contributed by atoms with Crippen LogP contribution in [0.1, 0.15) is 12.7 Å². The summed E-state index contributed by atoms with van der Waals surface area (Å²) >= 11 is 0. The predicted molar refractivity (Wildman–Crippen MR) is 40.6 cm³/mol. The van der Waals surface area contributed by atoms with Gasteiger partial charge in [0.1, 0.15) is 0 Å². The van der Waals surface area contributed by atoms with E-state index in [1.54, 1.807) is 7.05 Å². The summed E-state index contributed by atoms with van der Waals surface area (Å²) in [5, 5.41) is 9.39. The Labute approximate surface area is 59.4 Å². The van der Waals surface area contributed by atoms with Gasteiger partial charge in [-0.1, -0.05) is 6.58 Å². The summed E-state index contributed by atoms with van der Waals surface area (Å²) in [6.45, 7) is 5.59. The first kappa shape index (κ1) is 6.80. The smallest absolute Gasteiger partial charge is 0.242 e. The fraction of sp³-hybridized carbons (Fsp3) is 0.333. The fourth-order valence-electron chi connectivity index (χ4n) is 0.564. The molecule has 1 aromatic heterocycles. The van der Waals surface area contributed by atoms with Gasteiger partial charge in [0.05, 0.1) is 0 Å². The van der Waals surface area contributed by atoms with Crippen molar-refractivity contribution in [3.05, 3.63) is 12.4 Å². The van der Waals surface area contributed by atoms with E-state index in [0.717, 1.165) is 11.4 Å². The highest BCUT2D eigenvalue weighted by Crippen LogP contribution is 2.05. The Morgan fingerprint density at radius 1 is 1.70 bits per heavy atom. The largest absolute Gasteiger partial charge is 0.356 e. The van der Waals surface area contributed by atoms with E-state index >= 15 is 0 Å². The van der Waals surface area contributed by atoms with Gasteiger partial charge in [-0.25, -0.2) is 0 Å². The van der Waals surface area contributed by atoms with Crippen LogP contribution in [0.5, 0.6) is 0 Å². The molecule has 0 spiro atoms. The second-order valence-corrected chi connectivity index (χ2v) is 2.04. The molecule has 0 fully saturated rings. The molecule has 4 heteroatoms. The predicted octanol–water partition coefficient (Wildman–Crippen LogP) is 0.879. The van der Waals surface area contributed by atoms with Crippen molar-refractivity contribution in [2.24, 2.45) is 0 Å². The van der Waals surface area contributed by atoms with Crippen molar-refractivity contribution >= 4 is 11.5 Å². The number of anilines is 1. The minimum atomic E-state index is 0.595. The minimum Gasteiger partial charge on any atom is -0.356 e. The molecular formula is C6H10N4. The summed E-state index contributed by atoms with van der Waals surface area (Å²) in [7, 11) is 1.77. The molecular weight excluding hydrogens is 128 g/mol. The minimum absolute atomic E-state index is 0.595. The zero-order chi connectivity index (χ0) is 7.56. The number of hydrogen-bond donors (Lipinski definition) is 2. The fourth-order valence-corrected chi connectivity index (χ4v) is 0.564. The average Bonchev–Trinajstić information content (AvgIpc) is 2.34. The lowest BCUT2D eigenvalue weighted by atomic mass is 10.3. The van der Waals surface area contributed by atoms with Crippen LogP contribution in [-0.4, -0.2) is 22.2 Å². The zero-order valence-corrected chi connectivity index (χ0v) is 6.10. The van der Waals surface area contributed by atoms with Gasteiger partial charge in [0.25, 0.3) is 0 Å². The number of aromatic nitrogens is 3. The van der Waals surface area contributed by atoms with Crippen LogP contribution in [-0.2, 0) is 0 Å². The molecule has 0 aliphatic carbocycles. The van der Waals surface area contributed by atoms with E-state index in [1.165, 1.54) is 0 Å². The maximum atomic E-state index is 4.05. The van der Waals surface area contributed by atoms with Crippen LogP contribution >= 0.6 is 0 Å². The molecule has 0 aromatic carbocycles. The zero-order valence-electron chi connectivity index (χ0n) is 6.10. The molecule has 1 aromatic rings. The van der Waals surface area contributed by atoms with Crippen molar-refractivity contribution in [2.75, 3.05) is 12.4 Å². The van der Waals surface area contributed by atoms with E-state index in [0.29, 0.717) is 5.95 Å². The third kappa shape index (κ3) is 1.15. The van der Waals surface area contributed by atoms with Crippen LogP contribution < -0.4 is 5.32 Å². The Morgan fingerprint density at radius 2 is 2.40 bits per heavy atom. The van der Waals surface area contributed by atoms with Crippen molar-refractivity contribution in [1.29, 1.82) is 0 Å². The van der Waals surface area contributed by atoms with Gasteiger partial charge in [0.15, 0.2) is 5.82 Å². The lowest BCUT2D eigenvalue weighted by Gasteiger charge is -1.87. The lowest BCUT2D eigenvalue weighted by molar-refractivity contribution is 1.07. The lowest BCUT2D eigenvalue weighted by Crippen LogP contribution is -1.89. The summed E-state index contributed by atoms with van der Waals surface area (Å²) < 4.78 is 0. The molecule has 4 nitrogen and oxygen atoms in total. The molecule has 0 bridgehead atoms. The van der Waals surface area contributed by atoms with Crippen LogP contribution in [0.25, 0.3) is 5.57 Å². The Hall–Kier alpha value is -1.32. The quantitative estimate of drug-likeness (QED) is 0.637. The molecule has 10 heavy (non-hydrogen) atoms. The van der Waals surface area contributed by atoms with Crippen LogP contribution in [0.2, 0.25) is 0 Å². The van der Waals surface area contributed by atoms with Crippen molar-refractivity contribution in [2.45, 2.75) is 6.92 Å². The van der Waals surface area contributed by atoms with Crippen LogP contribution in [0.15, 0.2) is 6.58 Å². The van der Waals surface area contributed by atoms with Gasteiger partial charge in [0, 0.05) is 7.05 Å². The molecule has 0 aliphatic rings. The molecule has 54 valence electrons. The number of H-pyrrole nitrogens is 1. The van der Waals surface area contributed by atoms with Gasteiger partial charge in [-0.05, 0) is 12.5 Å². The summed E-state index contributed by atoms with van der Waals surface area (Å²) in [4.78, 5) is 4.05. The van der Waals surface area contributed by atoms with Gasteiger partial charge in [-0.3, -0.25) is 5.10 Å². The van der Waals surface area contributed by atoms with E-state index in [4.69, 9.17) is 0 Å². The van der Waals surface area contributed by atoms with Gasteiger partial charge >= 0.3 is 0 Å². The topological polar surface area (TPSA) is 53.6 Å². The summed E-state index contributed by atoms with van der Waals surface area (Å²) in [6.07, 6.45) is 0. The summed E-state index contributed by atoms with van der Waals surface area (Å²) in [5.74, 6) is 1.32. The third-order valence-corrected chi connectivity index (χ3v) is 1.11. The van der Waals surface area contributed by atoms with Crippen LogP contribution in [0.4, 0.5) is 5.95 Å². The highest BCUT2D eigenvalue weighted by molar-refractivity contribution is 5.54. The van der Waals surface area contributed by atoms with Gasteiger partial charge < -0.3 is 5.32 Å². The molecule has 0 atom stereocenters.